The highest BCUT2D eigenvalue weighted by Crippen LogP contribution is 2.27. The number of hydrogen-bond donors (Lipinski definition) is 1. The van der Waals surface area contributed by atoms with Crippen LogP contribution in [0.5, 0.6) is 0 Å². The molecule has 0 unspecified atom stereocenters. The highest BCUT2D eigenvalue weighted by Gasteiger charge is 2.26. The van der Waals surface area contributed by atoms with E-state index >= 15 is 0 Å². The van der Waals surface area contributed by atoms with Gasteiger partial charge in [-0.3, -0.25) is 9.20 Å². The van der Waals surface area contributed by atoms with E-state index in [1.807, 2.05) is 5.38 Å². The van der Waals surface area contributed by atoms with Crippen LogP contribution in [0.3, 0.4) is 0 Å². The van der Waals surface area contributed by atoms with Crippen LogP contribution in [0.2, 0.25) is 15.1 Å². The number of benzene rings is 2. The quantitative estimate of drug-likeness (QED) is 0.149. The fourth-order valence-corrected chi connectivity index (χ4v) is 6.52. The number of thiazole rings is 1. The van der Waals surface area contributed by atoms with Gasteiger partial charge >= 0.3 is 0 Å². The second-order valence-electron chi connectivity index (χ2n) is 8.58. The number of halogens is 3. The second-order valence-corrected chi connectivity index (χ2v) is 12.6. The largest absolute Gasteiger partial charge is 0.459 e. The van der Waals surface area contributed by atoms with Gasteiger partial charge in [0, 0.05) is 23.1 Å². The third-order valence-corrected chi connectivity index (χ3v) is 9.37. The summed E-state index contributed by atoms with van der Waals surface area (Å²) in [6.07, 6.45) is 3.10. The number of fused-ring (bicyclic) bond motifs is 1. The molecule has 5 rings (SSSR count). The molecule has 1 amide bonds. The zero-order valence-electron chi connectivity index (χ0n) is 20.7. The summed E-state index contributed by atoms with van der Waals surface area (Å²) in [4.78, 5) is 17.8. The molecule has 0 atom stereocenters. The maximum absolute atomic E-state index is 13.6. The predicted octanol–water partition coefficient (Wildman–Crippen LogP) is 6.41. The number of aryl methyl sites for hydroxylation is 1. The van der Waals surface area contributed by atoms with Crippen molar-refractivity contribution >= 4 is 73.2 Å². The molecule has 1 N–H and O–H groups in total. The molecule has 206 valence electrons. The Bertz CT molecular complexity index is 1830. The molecule has 5 aromatic rings. The number of nitrogens with zero attached hydrogens (tertiary/aromatic N) is 4. The first kappa shape index (κ1) is 28.3. The Kier molecular flexibility index (Phi) is 8.31. The average molecular weight is 637 g/mol. The van der Waals surface area contributed by atoms with Crippen molar-refractivity contribution in [3.05, 3.63) is 110 Å². The van der Waals surface area contributed by atoms with Crippen molar-refractivity contribution in [2.75, 3.05) is 0 Å². The molecule has 0 aliphatic rings. The highest BCUT2D eigenvalue weighted by atomic mass is 35.5. The van der Waals surface area contributed by atoms with E-state index < -0.39 is 15.9 Å². The molecule has 40 heavy (non-hydrogen) atoms. The first-order chi connectivity index (χ1) is 19.1. The van der Waals surface area contributed by atoms with Gasteiger partial charge in [-0.15, -0.1) is 11.3 Å². The number of sulfonamides is 1. The zero-order chi connectivity index (χ0) is 28.4. The van der Waals surface area contributed by atoms with Crippen LogP contribution in [0.4, 0.5) is 0 Å². The summed E-state index contributed by atoms with van der Waals surface area (Å²) in [7, 11) is -3.96. The number of hydrogen-bond acceptors (Lipinski definition) is 7. The number of carbonyl (C=O) groups excluding carboxylic acids is 1. The van der Waals surface area contributed by atoms with Crippen LogP contribution in [0.15, 0.2) is 80.6 Å². The first-order valence-electron chi connectivity index (χ1n) is 11.7. The Morgan fingerprint density at radius 3 is 2.62 bits per heavy atom. The Morgan fingerprint density at radius 2 is 1.88 bits per heavy atom. The number of amides is 1. The van der Waals surface area contributed by atoms with Crippen LogP contribution in [-0.2, 0) is 23.1 Å². The van der Waals surface area contributed by atoms with Crippen molar-refractivity contribution < 1.29 is 17.6 Å². The second kappa shape index (κ2) is 11.7. The van der Waals surface area contributed by atoms with Gasteiger partial charge in [0.05, 0.1) is 33.4 Å². The topological polar surface area (TPSA) is 109 Å². The molecular weight excluding hydrogens is 617 g/mol. The molecule has 3 heterocycles. The standard InChI is InChI=1S/C26H20Cl3N5O4S2/c1-16-24(34-10-11-39-26(34)31-16)25(35)32-30-13-19-5-6-20(38-19)15-33(14-17-2-9-22(28)23(29)12-17)40(36,37)21-7-3-18(27)4-8-21/h2-13H,14-15H2,1H3,(H,32,35)/b30-13+. The predicted molar refractivity (Wildman–Crippen MR) is 156 cm³/mol. The number of aromatic nitrogens is 2. The number of carbonyl (C=O) groups is 1. The van der Waals surface area contributed by atoms with Gasteiger partial charge in [-0.05, 0) is 61.0 Å². The SMILES string of the molecule is Cc1nc2sccn2c1C(=O)N/N=C/c1ccc(CN(Cc2ccc(Cl)c(Cl)c2)S(=O)(=O)c2ccc(Cl)cc2)o1. The zero-order valence-corrected chi connectivity index (χ0v) is 24.6. The Hall–Kier alpha value is -3.19. The Morgan fingerprint density at radius 1 is 1.10 bits per heavy atom. The molecule has 0 aliphatic heterocycles. The summed E-state index contributed by atoms with van der Waals surface area (Å²) in [5.74, 6) is 0.254. The van der Waals surface area contributed by atoms with Crippen molar-refractivity contribution in [3.63, 3.8) is 0 Å². The fourth-order valence-electron chi connectivity index (χ4n) is 3.92. The van der Waals surface area contributed by atoms with Crippen LogP contribution in [0.1, 0.15) is 33.3 Å². The molecule has 14 heteroatoms. The van der Waals surface area contributed by atoms with Gasteiger partial charge in [0.25, 0.3) is 5.91 Å². The number of imidazole rings is 1. The fraction of sp³-hybridized carbons (Fsp3) is 0.115. The summed E-state index contributed by atoms with van der Waals surface area (Å²) in [6, 6.07) is 14.1. The molecule has 3 aromatic heterocycles. The number of rotatable bonds is 9. The molecule has 2 aromatic carbocycles. The third kappa shape index (κ3) is 6.09. The number of hydrazone groups is 1. The van der Waals surface area contributed by atoms with E-state index in [9.17, 15) is 13.2 Å². The Labute approximate surface area is 248 Å². The molecule has 0 saturated heterocycles. The summed E-state index contributed by atoms with van der Waals surface area (Å²) in [6.45, 7) is 1.67. The van der Waals surface area contributed by atoms with Crippen molar-refractivity contribution in [1.29, 1.82) is 0 Å². The molecule has 0 aliphatic carbocycles. The summed E-state index contributed by atoms with van der Waals surface area (Å²) < 4.78 is 35.9. The van der Waals surface area contributed by atoms with Gasteiger partial charge in [-0.1, -0.05) is 40.9 Å². The van der Waals surface area contributed by atoms with Crippen molar-refractivity contribution in [3.8, 4) is 0 Å². The van der Waals surface area contributed by atoms with Crippen molar-refractivity contribution in [1.82, 2.24) is 19.1 Å². The van der Waals surface area contributed by atoms with Gasteiger partial charge in [0.2, 0.25) is 10.0 Å². The van der Waals surface area contributed by atoms with Gasteiger partial charge in [0.15, 0.2) is 4.96 Å². The lowest BCUT2D eigenvalue weighted by Crippen LogP contribution is -2.30. The van der Waals surface area contributed by atoms with E-state index in [1.54, 1.807) is 47.9 Å². The van der Waals surface area contributed by atoms with Crippen LogP contribution in [-0.4, -0.2) is 34.2 Å². The first-order valence-corrected chi connectivity index (χ1v) is 15.1. The average Bonchev–Trinajstić information content (AvgIpc) is 3.62. The third-order valence-electron chi connectivity index (χ3n) is 5.82. The maximum atomic E-state index is 13.6. The molecule has 0 spiro atoms. The van der Waals surface area contributed by atoms with Gasteiger partial charge in [-0.25, -0.2) is 18.8 Å². The highest BCUT2D eigenvalue weighted by molar-refractivity contribution is 7.89. The molecule has 0 saturated carbocycles. The van der Waals surface area contributed by atoms with Gasteiger partial charge in [0.1, 0.15) is 17.2 Å². The number of furan rings is 1. The lowest BCUT2D eigenvalue weighted by molar-refractivity contribution is 0.0948. The smallest absolute Gasteiger partial charge is 0.290 e. The lowest BCUT2D eigenvalue weighted by atomic mass is 10.2. The van der Waals surface area contributed by atoms with E-state index in [4.69, 9.17) is 39.2 Å². The minimum Gasteiger partial charge on any atom is -0.459 e. The van der Waals surface area contributed by atoms with E-state index in [-0.39, 0.29) is 18.0 Å². The number of nitrogens with one attached hydrogen (secondary N) is 1. The molecule has 0 fully saturated rings. The minimum atomic E-state index is -3.96. The minimum absolute atomic E-state index is 0.00375. The molecule has 0 bridgehead atoms. The van der Waals surface area contributed by atoms with Crippen LogP contribution >= 0.6 is 46.1 Å². The van der Waals surface area contributed by atoms with Crippen LogP contribution in [0, 0.1) is 6.92 Å². The van der Waals surface area contributed by atoms with Gasteiger partial charge < -0.3 is 4.42 Å². The summed E-state index contributed by atoms with van der Waals surface area (Å²) in [5, 5.41) is 6.92. The summed E-state index contributed by atoms with van der Waals surface area (Å²) >= 11 is 19.6. The van der Waals surface area contributed by atoms with Crippen molar-refractivity contribution in [2.45, 2.75) is 24.9 Å². The maximum Gasteiger partial charge on any atom is 0.290 e. The summed E-state index contributed by atoms with van der Waals surface area (Å²) in [5.41, 5.74) is 4.08. The van der Waals surface area contributed by atoms with E-state index in [0.717, 1.165) is 0 Å². The van der Waals surface area contributed by atoms with Crippen molar-refractivity contribution in [2.24, 2.45) is 5.10 Å². The monoisotopic (exact) mass is 635 g/mol. The van der Waals surface area contributed by atoms with Crippen LogP contribution in [0.25, 0.3) is 4.96 Å². The van der Waals surface area contributed by atoms with E-state index in [2.05, 4.69) is 15.5 Å². The molecule has 9 nitrogen and oxygen atoms in total. The van der Waals surface area contributed by atoms with Gasteiger partial charge in [-0.2, -0.15) is 9.41 Å². The Balaban J connectivity index is 1.34. The van der Waals surface area contributed by atoms with Crippen LogP contribution < -0.4 is 5.43 Å². The van der Waals surface area contributed by atoms with E-state index in [1.165, 1.54) is 46.1 Å². The normalized spacial score (nSPS) is 12.1. The lowest BCUT2D eigenvalue weighted by Gasteiger charge is -2.22. The molecular formula is C26H20Cl3N5O4S2. The van der Waals surface area contributed by atoms with E-state index in [0.29, 0.717) is 48.5 Å². The molecule has 0 radical (unpaired) electrons.